The van der Waals surface area contributed by atoms with Crippen molar-refractivity contribution in [1.82, 2.24) is 0 Å². The molecule has 2 aromatic carbocycles. The molecule has 0 aliphatic heterocycles. The molecular weight excluding hydrogens is 360 g/mol. The molecule has 2 aliphatic carbocycles. The third-order valence-corrected chi connectivity index (χ3v) is 12.9. The lowest BCUT2D eigenvalue weighted by molar-refractivity contribution is 0.573. The van der Waals surface area contributed by atoms with Gasteiger partial charge in [0.2, 0.25) is 8.32 Å². The van der Waals surface area contributed by atoms with Gasteiger partial charge >= 0.3 is 0 Å². The van der Waals surface area contributed by atoms with Crippen molar-refractivity contribution in [3.05, 3.63) is 82.1 Å². The minimum absolute atomic E-state index is 1.21. The van der Waals surface area contributed by atoms with Gasteiger partial charge in [-0.3, -0.25) is 0 Å². The van der Waals surface area contributed by atoms with Crippen LogP contribution in [0, 0.1) is 0 Å². The average molecular weight is 391 g/mol. The lowest BCUT2D eigenvalue weighted by Crippen LogP contribution is -2.44. The van der Waals surface area contributed by atoms with Crippen LogP contribution < -0.4 is 0 Å². The zero-order valence-electron chi connectivity index (χ0n) is 17.1. The topological polar surface area (TPSA) is 9.23 Å². The SMILES string of the molecule is C=C(c1ccc2c(c1)CC2)[Si](C)(C)O[Si](C)(C)/C=C/c1ccc2c(c1)CC2. The molecule has 0 radical (unpaired) electrons. The molecule has 0 aromatic heterocycles. The molecule has 3 heteroatoms. The number of hydrogen-bond donors (Lipinski definition) is 0. The van der Waals surface area contributed by atoms with E-state index in [4.69, 9.17) is 4.12 Å². The van der Waals surface area contributed by atoms with E-state index in [2.05, 4.69) is 80.9 Å². The van der Waals surface area contributed by atoms with E-state index < -0.39 is 16.6 Å². The molecule has 140 valence electrons. The number of aryl methyl sites for hydroxylation is 4. The van der Waals surface area contributed by atoms with Gasteiger partial charge < -0.3 is 4.12 Å². The highest BCUT2D eigenvalue weighted by molar-refractivity contribution is 6.97. The standard InChI is InChI=1S/C24H30OSi2/c1-18(22-11-8-21-10-13-24(21)17-22)27(4,5)25-26(2,3)15-14-19-6-7-20-9-12-23(20)16-19/h6-8,11,14-17H,1,9-10,12-13H2,2-5H3/b15-14+. The Morgan fingerprint density at radius 2 is 1.44 bits per heavy atom. The summed E-state index contributed by atoms with van der Waals surface area (Å²) in [4.78, 5) is 0. The van der Waals surface area contributed by atoms with Crippen LogP contribution in [-0.2, 0) is 29.8 Å². The Bertz CT molecular complexity index is 937. The van der Waals surface area contributed by atoms with Crippen LogP contribution in [-0.4, -0.2) is 16.6 Å². The van der Waals surface area contributed by atoms with Crippen LogP contribution in [0.15, 0.2) is 48.7 Å². The molecule has 0 spiro atoms. The second-order valence-electron chi connectivity index (χ2n) is 9.04. The average Bonchev–Trinajstić information content (AvgIpc) is 2.54. The number of fused-ring (bicyclic) bond motifs is 2. The van der Waals surface area contributed by atoms with Gasteiger partial charge in [-0.05, 0) is 90.4 Å². The van der Waals surface area contributed by atoms with Crippen LogP contribution in [0.4, 0.5) is 0 Å². The van der Waals surface area contributed by atoms with Crippen molar-refractivity contribution in [2.75, 3.05) is 0 Å². The molecule has 0 unspecified atom stereocenters. The van der Waals surface area contributed by atoms with E-state index in [0.29, 0.717) is 0 Å². The Labute approximate surface area is 166 Å². The van der Waals surface area contributed by atoms with Crippen molar-refractivity contribution >= 4 is 27.9 Å². The van der Waals surface area contributed by atoms with Crippen molar-refractivity contribution in [3.63, 3.8) is 0 Å². The highest BCUT2D eigenvalue weighted by Gasteiger charge is 2.34. The Balaban J connectivity index is 1.47. The predicted octanol–water partition coefficient (Wildman–Crippen LogP) is 6.12. The quantitative estimate of drug-likeness (QED) is 0.540. The fourth-order valence-electron chi connectivity index (χ4n) is 4.10. The van der Waals surface area contributed by atoms with Crippen LogP contribution in [0.1, 0.15) is 33.4 Å². The zero-order chi connectivity index (χ0) is 19.2. The second-order valence-corrected chi connectivity index (χ2v) is 17.0. The minimum Gasteiger partial charge on any atom is -0.449 e. The number of hydrogen-bond acceptors (Lipinski definition) is 1. The van der Waals surface area contributed by atoms with E-state index in [1.807, 2.05) is 0 Å². The molecule has 0 atom stereocenters. The first-order valence-corrected chi connectivity index (χ1v) is 16.0. The Morgan fingerprint density at radius 1 is 0.852 bits per heavy atom. The largest absolute Gasteiger partial charge is 0.449 e. The third-order valence-electron chi connectivity index (χ3n) is 6.03. The molecule has 27 heavy (non-hydrogen) atoms. The Morgan fingerprint density at radius 3 is 2.00 bits per heavy atom. The normalized spacial score (nSPS) is 15.7. The van der Waals surface area contributed by atoms with Crippen LogP contribution >= 0.6 is 0 Å². The number of rotatable bonds is 6. The third kappa shape index (κ3) is 3.82. The summed E-state index contributed by atoms with van der Waals surface area (Å²) in [5.41, 5.74) is 11.0. The molecule has 0 fully saturated rings. The van der Waals surface area contributed by atoms with Crippen molar-refractivity contribution in [2.45, 2.75) is 51.9 Å². The van der Waals surface area contributed by atoms with Crippen molar-refractivity contribution in [1.29, 1.82) is 0 Å². The van der Waals surface area contributed by atoms with E-state index in [0.717, 1.165) is 0 Å². The van der Waals surface area contributed by atoms with E-state index >= 15 is 0 Å². The van der Waals surface area contributed by atoms with Gasteiger partial charge in [-0.1, -0.05) is 54.8 Å². The summed E-state index contributed by atoms with van der Waals surface area (Å²) < 4.78 is 6.81. The van der Waals surface area contributed by atoms with Gasteiger partial charge in [0.25, 0.3) is 0 Å². The van der Waals surface area contributed by atoms with Crippen LogP contribution in [0.5, 0.6) is 0 Å². The van der Waals surface area contributed by atoms with E-state index in [1.54, 1.807) is 0 Å². The molecule has 2 aromatic rings. The highest BCUT2D eigenvalue weighted by atomic mass is 28.4. The zero-order valence-corrected chi connectivity index (χ0v) is 19.1. The fraction of sp³-hybridized carbons (Fsp3) is 0.333. The minimum atomic E-state index is -2.03. The fourth-order valence-corrected chi connectivity index (χ4v) is 11.6. The molecule has 4 rings (SSSR count). The molecule has 0 bridgehead atoms. The van der Waals surface area contributed by atoms with Crippen molar-refractivity contribution < 1.29 is 4.12 Å². The van der Waals surface area contributed by atoms with Crippen molar-refractivity contribution in [3.8, 4) is 0 Å². The summed E-state index contributed by atoms with van der Waals surface area (Å²) >= 11 is 0. The molecule has 1 nitrogen and oxygen atoms in total. The Kier molecular flexibility index (Phi) is 4.65. The van der Waals surface area contributed by atoms with Gasteiger partial charge in [0.05, 0.1) is 0 Å². The second kappa shape index (κ2) is 6.73. The molecule has 0 saturated carbocycles. The smallest absolute Gasteiger partial charge is 0.206 e. The molecule has 2 aliphatic rings. The van der Waals surface area contributed by atoms with Crippen LogP contribution in [0.3, 0.4) is 0 Å². The number of benzene rings is 2. The van der Waals surface area contributed by atoms with Gasteiger partial charge in [-0.15, -0.1) is 0 Å². The molecule has 0 saturated heterocycles. The maximum atomic E-state index is 6.81. The van der Waals surface area contributed by atoms with Gasteiger partial charge in [0.1, 0.15) is 0 Å². The predicted molar refractivity (Wildman–Crippen MR) is 122 cm³/mol. The van der Waals surface area contributed by atoms with Gasteiger partial charge in [-0.25, -0.2) is 0 Å². The van der Waals surface area contributed by atoms with Crippen LogP contribution in [0.25, 0.3) is 11.3 Å². The van der Waals surface area contributed by atoms with Gasteiger partial charge in [0.15, 0.2) is 8.32 Å². The first-order chi connectivity index (χ1) is 12.7. The van der Waals surface area contributed by atoms with Crippen molar-refractivity contribution in [2.24, 2.45) is 0 Å². The molecular formula is C24H30OSi2. The summed E-state index contributed by atoms with van der Waals surface area (Å²) in [6.45, 7) is 13.6. The summed E-state index contributed by atoms with van der Waals surface area (Å²) in [7, 11) is -3.95. The lowest BCUT2D eigenvalue weighted by atomic mass is 9.87. The monoisotopic (exact) mass is 390 g/mol. The molecule has 0 heterocycles. The maximum Gasteiger partial charge on any atom is 0.206 e. The maximum absolute atomic E-state index is 6.81. The lowest BCUT2D eigenvalue weighted by Gasteiger charge is -2.34. The van der Waals surface area contributed by atoms with Gasteiger partial charge in [0, 0.05) is 0 Å². The summed E-state index contributed by atoms with van der Waals surface area (Å²) in [5, 5.41) is 1.22. The van der Waals surface area contributed by atoms with E-state index in [9.17, 15) is 0 Å². The summed E-state index contributed by atoms with van der Waals surface area (Å²) in [6.07, 6.45) is 7.18. The van der Waals surface area contributed by atoms with E-state index in [1.165, 1.54) is 64.3 Å². The Hall–Kier alpha value is -1.69. The first-order valence-electron chi connectivity index (χ1n) is 10.1. The highest BCUT2D eigenvalue weighted by Crippen LogP contribution is 2.32. The summed E-state index contributed by atoms with van der Waals surface area (Å²) in [6, 6.07) is 13.7. The molecule has 0 N–H and O–H groups in total. The van der Waals surface area contributed by atoms with Gasteiger partial charge in [-0.2, -0.15) is 0 Å². The van der Waals surface area contributed by atoms with Crippen LogP contribution in [0.2, 0.25) is 26.2 Å². The van der Waals surface area contributed by atoms with E-state index in [-0.39, 0.29) is 0 Å². The summed E-state index contributed by atoms with van der Waals surface area (Å²) in [5.74, 6) is 0. The molecule has 0 amide bonds. The first kappa shape index (κ1) is 18.7.